The topological polar surface area (TPSA) is 123 Å². The van der Waals surface area contributed by atoms with Crippen molar-refractivity contribution in [1.82, 2.24) is 23.9 Å². The van der Waals surface area contributed by atoms with E-state index in [0.29, 0.717) is 18.9 Å². The highest BCUT2D eigenvalue weighted by Crippen LogP contribution is 2.24. The zero-order valence-electron chi connectivity index (χ0n) is 17.4. The first kappa shape index (κ1) is 21.2. The molecule has 0 amide bonds. The summed E-state index contributed by atoms with van der Waals surface area (Å²) in [5.74, 6) is 0.544. The Hall–Kier alpha value is -2.99. The molecule has 4 rings (SSSR count). The number of piperazine rings is 1. The van der Waals surface area contributed by atoms with Crippen LogP contribution in [0.3, 0.4) is 0 Å². The van der Waals surface area contributed by atoms with Gasteiger partial charge in [0.1, 0.15) is 12.1 Å². The van der Waals surface area contributed by atoms with Crippen molar-refractivity contribution in [2.75, 3.05) is 37.7 Å². The molecule has 166 valence electrons. The summed E-state index contributed by atoms with van der Waals surface area (Å²) < 4.78 is 39.1. The number of carbonyl (C=O) groups excluding carboxylic acids is 1. The van der Waals surface area contributed by atoms with E-state index in [-0.39, 0.29) is 30.5 Å². The monoisotopic (exact) mass is 448 g/mol. The number of rotatable bonds is 7. The summed E-state index contributed by atoms with van der Waals surface area (Å²) in [6.45, 7) is 5.39. The summed E-state index contributed by atoms with van der Waals surface area (Å²) in [5.41, 5.74) is 0.926. The number of ether oxygens (including phenoxy) is 1. The Kier molecular flexibility index (Phi) is 5.92. The molecule has 0 aliphatic carbocycles. The van der Waals surface area contributed by atoms with Gasteiger partial charge in [0, 0.05) is 37.9 Å². The zero-order chi connectivity index (χ0) is 22.0. The lowest BCUT2D eigenvalue weighted by Gasteiger charge is -2.34. The zero-order valence-corrected chi connectivity index (χ0v) is 18.2. The Bertz CT molecular complexity index is 1180. The maximum atomic E-state index is 13.0. The molecule has 0 bridgehead atoms. The molecule has 12 heteroatoms. The van der Waals surface area contributed by atoms with Crippen molar-refractivity contribution in [1.29, 1.82) is 0 Å². The van der Waals surface area contributed by atoms with Gasteiger partial charge in [-0.1, -0.05) is 13.3 Å². The van der Waals surface area contributed by atoms with Crippen LogP contribution in [0.25, 0.3) is 5.78 Å². The highest BCUT2D eigenvalue weighted by molar-refractivity contribution is 7.89. The molecule has 1 aliphatic heterocycles. The van der Waals surface area contributed by atoms with E-state index in [9.17, 15) is 13.2 Å². The van der Waals surface area contributed by atoms with Crippen LogP contribution in [-0.4, -0.2) is 71.1 Å². The minimum absolute atomic E-state index is 0.132. The Morgan fingerprint density at radius 3 is 2.68 bits per heavy atom. The molecular weight excluding hydrogens is 424 g/mol. The van der Waals surface area contributed by atoms with Gasteiger partial charge in [0.2, 0.25) is 10.9 Å². The molecule has 0 saturated carbocycles. The van der Waals surface area contributed by atoms with Gasteiger partial charge in [-0.05, 0) is 25.5 Å². The van der Waals surface area contributed by atoms with Crippen LogP contribution < -0.4 is 4.90 Å². The lowest BCUT2D eigenvalue weighted by atomic mass is 10.2. The average Bonchev–Trinajstić information content (AvgIpc) is 3.44. The van der Waals surface area contributed by atoms with Crippen molar-refractivity contribution in [3.8, 4) is 0 Å². The van der Waals surface area contributed by atoms with Gasteiger partial charge in [-0.3, -0.25) is 0 Å². The van der Waals surface area contributed by atoms with Crippen molar-refractivity contribution >= 4 is 27.6 Å². The summed E-state index contributed by atoms with van der Waals surface area (Å²) in [7, 11) is -3.86. The minimum atomic E-state index is -3.86. The first-order chi connectivity index (χ1) is 14.9. The molecule has 0 spiro atoms. The number of aryl methyl sites for hydroxylation is 1. The fraction of sp³-hybridized carbons (Fsp3) is 0.474. The fourth-order valence-electron chi connectivity index (χ4n) is 3.51. The Labute approximate surface area is 179 Å². The fourth-order valence-corrected chi connectivity index (χ4v) is 4.84. The second kappa shape index (κ2) is 8.63. The molecule has 1 aliphatic rings. The van der Waals surface area contributed by atoms with Gasteiger partial charge < -0.3 is 14.1 Å². The van der Waals surface area contributed by atoms with Gasteiger partial charge in [0.15, 0.2) is 0 Å². The van der Waals surface area contributed by atoms with Gasteiger partial charge in [0.05, 0.1) is 6.61 Å². The molecule has 0 N–H and O–H groups in total. The summed E-state index contributed by atoms with van der Waals surface area (Å²) in [6.07, 6.45) is 3.24. The van der Waals surface area contributed by atoms with Gasteiger partial charge >= 0.3 is 5.97 Å². The van der Waals surface area contributed by atoms with E-state index in [0.717, 1.165) is 24.4 Å². The third kappa shape index (κ3) is 4.12. The number of hydrogen-bond acceptors (Lipinski definition) is 9. The van der Waals surface area contributed by atoms with E-state index in [2.05, 4.69) is 26.9 Å². The predicted molar refractivity (Wildman–Crippen MR) is 110 cm³/mol. The van der Waals surface area contributed by atoms with E-state index < -0.39 is 16.0 Å². The standard InChI is InChI=1S/C19H24N6O5S/c1-3-5-14-12-16(25-19(22-14)20-13-21-25)23-8-10-24(11-9-23)31(27,28)17-7-6-15(30-17)18(26)29-4-2/h6-7,12-13H,3-5,8-11H2,1-2H3. The molecule has 11 nitrogen and oxygen atoms in total. The van der Waals surface area contributed by atoms with E-state index in [1.54, 1.807) is 11.4 Å². The quantitative estimate of drug-likeness (QED) is 0.493. The smallest absolute Gasteiger partial charge is 0.374 e. The van der Waals surface area contributed by atoms with Crippen LogP contribution in [0.15, 0.2) is 34.0 Å². The number of carbonyl (C=O) groups is 1. The van der Waals surface area contributed by atoms with Gasteiger partial charge in [-0.2, -0.15) is 18.9 Å². The van der Waals surface area contributed by atoms with E-state index in [1.807, 2.05) is 6.07 Å². The number of furan rings is 1. The van der Waals surface area contributed by atoms with Crippen LogP contribution in [0.5, 0.6) is 0 Å². The van der Waals surface area contributed by atoms with Crippen LogP contribution in [0.1, 0.15) is 36.5 Å². The average molecular weight is 449 g/mol. The number of esters is 1. The number of nitrogens with zero attached hydrogens (tertiary/aromatic N) is 6. The Morgan fingerprint density at radius 1 is 1.19 bits per heavy atom. The number of hydrogen-bond donors (Lipinski definition) is 0. The minimum Gasteiger partial charge on any atom is -0.460 e. The highest BCUT2D eigenvalue weighted by Gasteiger charge is 2.32. The van der Waals surface area contributed by atoms with Crippen molar-refractivity contribution in [2.45, 2.75) is 31.8 Å². The predicted octanol–water partition coefficient (Wildman–Crippen LogP) is 1.36. The maximum absolute atomic E-state index is 13.0. The summed E-state index contributed by atoms with van der Waals surface area (Å²) in [5, 5.41) is 3.99. The Morgan fingerprint density at radius 2 is 1.97 bits per heavy atom. The summed E-state index contributed by atoms with van der Waals surface area (Å²) in [6, 6.07) is 4.58. The first-order valence-electron chi connectivity index (χ1n) is 10.2. The molecule has 0 unspecified atom stereocenters. The van der Waals surface area contributed by atoms with Crippen molar-refractivity contribution in [3.63, 3.8) is 0 Å². The third-order valence-electron chi connectivity index (χ3n) is 5.01. The first-order valence-corrected chi connectivity index (χ1v) is 11.6. The SMILES string of the molecule is CCCc1cc(N2CCN(S(=O)(=O)c3ccc(C(=O)OCC)o3)CC2)n2ncnc2n1. The van der Waals surface area contributed by atoms with E-state index >= 15 is 0 Å². The van der Waals surface area contributed by atoms with Crippen LogP contribution >= 0.6 is 0 Å². The van der Waals surface area contributed by atoms with Gasteiger partial charge in [0.25, 0.3) is 15.8 Å². The van der Waals surface area contributed by atoms with Gasteiger partial charge in [-0.25, -0.2) is 18.2 Å². The molecule has 0 radical (unpaired) electrons. The molecule has 3 aromatic heterocycles. The summed E-state index contributed by atoms with van der Waals surface area (Å²) >= 11 is 0. The van der Waals surface area contributed by atoms with E-state index in [4.69, 9.17) is 9.15 Å². The molecular formula is C19H24N6O5S. The number of fused-ring (bicyclic) bond motifs is 1. The molecule has 3 aromatic rings. The van der Waals surface area contributed by atoms with Crippen LogP contribution in [0, 0.1) is 0 Å². The highest BCUT2D eigenvalue weighted by atomic mass is 32.2. The third-order valence-corrected chi connectivity index (χ3v) is 6.78. The molecule has 0 aromatic carbocycles. The van der Waals surface area contributed by atoms with E-state index in [1.165, 1.54) is 22.8 Å². The van der Waals surface area contributed by atoms with Crippen molar-refractivity contribution < 1.29 is 22.4 Å². The molecule has 0 atom stereocenters. The Balaban J connectivity index is 1.50. The normalized spacial score (nSPS) is 15.5. The second-order valence-corrected chi connectivity index (χ2v) is 8.93. The van der Waals surface area contributed by atoms with Gasteiger partial charge in [-0.15, -0.1) is 0 Å². The maximum Gasteiger partial charge on any atom is 0.374 e. The molecule has 1 fully saturated rings. The second-order valence-electron chi connectivity index (χ2n) is 7.06. The van der Waals surface area contributed by atoms with Crippen LogP contribution in [-0.2, 0) is 21.2 Å². The molecule has 31 heavy (non-hydrogen) atoms. The van der Waals surface area contributed by atoms with Crippen LogP contribution in [0.2, 0.25) is 0 Å². The number of anilines is 1. The largest absolute Gasteiger partial charge is 0.460 e. The molecule has 1 saturated heterocycles. The van der Waals surface area contributed by atoms with Crippen molar-refractivity contribution in [3.05, 3.63) is 36.0 Å². The van der Waals surface area contributed by atoms with Crippen LogP contribution in [0.4, 0.5) is 5.82 Å². The number of sulfonamides is 1. The molecule has 4 heterocycles. The summed E-state index contributed by atoms with van der Waals surface area (Å²) in [4.78, 5) is 22.5. The lowest BCUT2D eigenvalue weighted by molar-refractivity contribution is 0.0483. The van der Waals surface area contributed by atoms with Crippen molar-refractivity contribution in [2.24, 2.45) is 0 Å². The number of aromatic nitrogens is 4. The lowest BCUT2D eigenvalue weighted by Crippen LogP contribution is -2.49.